The van der Waals surface area contributed by atoms with Crippen LogP contribution in [0.3, 0.4) is 0 Å². The highest BCUT2D eigenvalue weighted by Gasteiger charge is 2.36. The van der Waals surface area contributed by atoms with E-state index in [1.165, 1.54) is 16.8 Å². The van der Waals surface area contributed by atoms with E-state index in [-0.39, 0.29) is 18.4 Å². The van der Waals surface area contributed by atoms with Gasteiger partial charge in [-0.05, 0) is 44.9 Å². The number of aromatic nitrogens is 2. The van der Waals surface area contributed by atoms with Gasteiger partial charge >= 0.3 is 12.1 Å². The molecule has 2 N–H and O–H groups in total. The third-order valence-corrected chi connectivity index (χ3v) is 5.56. The second-order valence-electron chi connectivity index (χ2n) is 7.67. The molecule has 0 saturated heterocycles. The zero-order valence-corrected chi connectivity index (χ0v) is 17.2. The van der Waals surface area contributed by atoms with Gasteiger partial charge in [0, 0.05) is 0 Å². The van der Waals surface area contributed by atoms with Crippen LogP contribution < -0.4 is 10.1 Å². The number of aryl methyl sites for hydroxylation is 1. The molecule has 168 valence electrons. The van der Waals surface area contributed by atoms with Gasteiger partial charge in [0.15, 0.2) is 6.73 Å². The summed E-state index contributed by atoms with van der Waals surface area (Å²) in [5, 5.41) is 16.5. The molecule has 3 rings (SSSR count). The van der Waals surface area contributed by atoms with Crippen molar-refractivity contribution in [2.45, 2.75) is 52.4 Å². The van der Waals surface area contributed by atoms with E-state index in [0.717, 1.165) is 25.0 Å². The number of anilines is 1. The van der Waals surface area contributed by atoms with Crippen LogP contribution in [0.5, 0.6) is 5.75 Å². The summed E-state index contributed by atoms with van der Waals surface area (Å²) in [4.78, 5) is 24.2. The molecule has 2 unspecified atom stereocenters. The first kappa shape index (κ1) is 22.6. The third kappa shape index (κ3) is 5.18. The van der Waals surface area contributed by atoms with E-state index >= 15 is 0 Å². The van der Waals surface area contributed by atoms with E-state index in [1.54, 1.807) is 13.8 Å². The number of carbonyl (C=O) groups is 2. The zero-order valence-electron chi connectivity index (χ0n) is 17.2. The molecule has 1 saturated carbocycles. The van der Waals surface area contributed by atoms with Crippen molar-refractivity contribution in [2.24, 2.45) is 11.8 Å². The number of ether oxygens (including phenoxy) is 1. The van der Waals surface area contributed by atoms with Gasteiger partial charge in [0.2, 0.25) is 5.91 Å². The van der Waals surface area contributed by atoms with E-state index in [1.807, 2.05) is 0 Å². The standard InChI is InChI=1S/C21H24F3N3O4/c1-12-18(25-19(28)16-8-3-4-9-17(16)20(29)30)13(2)27(26-12)11-31-15-7-5-6-14(10-15)21(22,23)24/h5-7,10,16-17H,3-4,8-9,11H2,1-2H3,(H,25,28)(H,29,30). The Morgan fingerprint density at radius 1 is 1.23 bits per heavy atom. The van der Waals surface area contributed by atoms with Crippen LogP contribution in [0.2, 0.25) is 0 Å². The van der Waals surface area contributed by atoms with Crippen LogP contribution in [0, 0.1) is 25.7 Å². The number of carboxylic acids is 1. The SMILES string of the molecule is Cc1nn(COc2cccc(C(F)(F)F)c2)c(C)c1NC(=O)C1CCCCC1C(=O)O. The molecule has 1 amide bonds. The lowest BCUT2D eigenvalue weighted by Crippen LogP contribution is -2.36. The minimum Gasteiger partial charge on any atom is -0.481 e. The highest BCUT2D eigenvalue weighted by atomic mass is 19.4. The number of hydrogen-bond acceptors (Lipinski definition) is 4. The molecule has 1 aliphatic carbocycles. The number of amides is 1. The zero-order chi connectivity index (χ0) is 22.8. The van der Waals surface area contributed by atoms with Gasteiger partial charge in [-0.1, -0.05) is 18.9 Å². The normalized spacial score (nSPS) is 19.1. The van der Waals surface area contributed by atoms with Gasteiger partial charge in [-0.3, -0.25) is 9.59 Å². The third-order valence-electron chi connectivity index (χ3n) is 5.56. The molecule has 0 radical (unpaired) electrons. The Morgan fingerprint density at radius 3 is 2.55 bits per heavy atom. The summed E-state index contributed by atoms with van der Waals surface area (Å²) in [5.74, 6) is -2.63. The molecular weight excluding hydrogens is 415 g/mol. The predicted molar refractivity (Wildman–Crippen MR) is 105 cm³/mol. The Hall–Kier alpha value is -3.04. The van der Waals surface area contributed by atoms with Crippen LogP contribution in [0.15, 0.2) is 24.3 Å². The topological polar surface area (TPSA) is 93.5 Å². The molecule has 2 atom stereocenters. The van der Waals surface area contributed by atoms with Crippen molar-refractivity contribution < 1.29 is 32.6 Å². The number of nitrogens with zero attached hydrogens (tertiary/aromatic N) is 2. The van der Waals surface area contributed by atoms with Crippen LogP contribution in [0.1, 0.15) is 42.6 Å². The van der Waals surface area contributed by atoms with Crippen LogP contribution in [0.25, 0.3) is 0 Å². The van der Waals surface area contributed by atoms with Crippen LogP contribution >= 0.6 is 0 Å². The highest BCUT2D eigenvalue weighted by molar-refractivity contribution is 5.96. The monoisotopic (exact) mass is 439 g/mol. The number of benzene rings is 1. The van der Waals surface area contributed by atoms with Crippen molar-refractivity contribution >= 4 is 17.6 Å². The highest BCUT2D eigenvalue weighted by Crippen LogP contribution is 2.33. The maximum atomic E-state index is 12.9. The van der Waals surface area contributed by atoms with Gasteiger partial charge in [-0.2, -0.15) is 18.3 Å². The van der Waals surface area contributed by atoms with E-state index < -0.39 is 29.5 Å². The number of alkyl halides is 3. The molecule has 7 nitrogen and oxygen atoms in total. The number of nitrogens with one attached hydrogen (secondary N) is 1. The largest absolute Gasteiger partial charge is 0.481 e. The van der Waals surface area contributed by atoms with E-state index in [2.05, 4.69) is 10.4 Å². The molecule has 1 aromatic heterocycles. The van der Waals surface area contributed by atoms with Crippen LogP contribution in [0.4, 0.5) is 18.9 Å². The molecular formula is C21H24F3N3O4. The summed E-state index contributed by atoms with van der Waals surface area (Å²) in [6, 6.07) is 4.54. The smallest absolute Gasteiger partial charge is 0.416 e. The fraction of sp³-hybridized carbons (Fsp3) is 0.476. The van der Waals surface area contributed by atoms with E-state index in [0.29, 0.717) is 29.9 Å². The summed E-state index contributed by atoms with van der Waals surface area (Å²) < 4.78 is 45.4. The van der Waals surface area contributed by atoms with Gasteiger partial charge in [0.1, 0.15) is 5.75 Å². The minimum absolute atomic E-state index is 0.0412. The summed E-state index contributed by atoms with van der Waals surface area (Å²) in [6.07, 6.45) is -1.92. The second-order valence-corrected chi connectivity index (χ2v) is 7.67. The lowest BCUT2D eigenvalue weighted by Gasteiger charge is -2.27. The maximum absolute atomic E-state index is 12.9. The molecule has 1 aromatic carbocycles. The summed E-state index contributed by atoms with van der Waals surface area (Å²) >= 11 is 0. The fourth-order valence-electron chi connectivity index (χ4n) is 3.86. The van der Waals surface area contributed by atoms with Crippen molar-refractivity contribution in [2.75, 3.05) is 5.32 Å². The van der Waals surface area contributed by atoms with Crippen molar-refractivity contribution in [3.05, 3.63) is 41.2 Å². The molecule has 31 heavy (non-hydrogen) atoms. The molecule has 0 bridgehead atoms. The van der Waals surface area contributed by atoms with E-state index in [9.17, 15) is 27.9 Å². The van der Waals surface area contributed by atoms with Crippen molar-refractivity contribution in [1.29, 1.82) is 0 Å². The van der Waals surface area contributed by atoms with Gasteiger partial charge in [0.25, 0.3) is 0 Å². The second kappa shape index (κ2) is 8.99. The summed E-state index contributed by atoms with van der Waals surface area (Å²) in [6.45, 7) is 3.23. The Bertz CT molecular complexity index is 971. The van der Waals surface area contributed by atoms with Crippen LogP contribution in [-0.2, 0) is 22.5 Å². The van der Waals surface area contributed by atoms with Gasteiger partial charge in [-0.15, -0.1) is 0 Å². The lowest BCUT2D eigenvalue weighted by atomic mass is 9.78. The number of aliphatic carboxylic acids is 1. The molecule has 1 fully saturated rings. The fourth-order valence-corrected chi connectivity index (χ4v) is 3.86. The predicted octanol–water partition coefficient (Wildman–Crippen LogP) is 4.38. The van der Waals surface area contributed by atoms with Gasteiger partial charge in [0.05, 0.1) is 34.5 Å². The first-order valence-electron chi connectivity index (χ1n) is 9.95. The first-order valence-corrected chi connectivity index (χ1v) is 9.95. The average Bonchev–Trinajstić information content (AvgIpc) is 2.99. The lowest BCUT2D eigenvalue weighted by molar-refractivity contribution is -0.147. The maximum Gasteiger partial charge on any atom is 0.416 e. The summed E-state index contributed by atoms with van der Waals surface area (Å²) in [5.41, 5.74) is 0.695. The molecule has 0 spiro atoms. The Labute approximate surface area is 177 Å². The van der Waals surface area contributed by atoms with Crippen molar-refractivity contribution in [3.63, 3.8) is 0 Å². The average molecular weight is 439 g/mol. The first-order chi connectivity index (χ1) is 14.6. The number of halogens is 3. The Balaban J connectivity index is 1.71. The number of hydrogen-bond donors (Lipinski definition) is 2. The van der Waals surface area contributed by atoms with Gasteiger partial charge in [-0.25, -0.2) is 4.68 Å². The Kier molecular flexibility index (Phi) is 6.56. The minimum atomic E-state index is -4.47. The molecule has 1 heterocycles. The molecule has 2 aromatic rings. The number of carboxylic acid groups (broad SMARTS) is 1. The number of rotatable bonds is 6. The molecule has 0 aliphatic heterocycles. The quantitative estimate of drug-likeness (QED) is 0.697. The molecule has 1 aliphatic rings. The van der Waals surface area contributed by atoms with Crippen molar-refractivity contribution in [3.8, 4) is 5.75 Å². The Morgan fingerprint density at radius 2 is 1.90 bits per heavy atom. The molecule has 10 heteroatoms. The van der Waals surface area contributed by atoms with E-state index in [4.69, 9.17) is 4.74 Å². The van der Waals surface area contributed by atoms with Crippen molar-refractivity contribution in [1.82, 2.24) is 9.78 Å². The number of carbonyl (C=O) groups excluding carboxylic acids is 1. The summed E-state index contributed by atoms with van der Waals surface area (Å²) in [7, 11) is 0. The van der Waals surface area contributed by atoms with Crippen LogP contribution in [-0.4, -0.2) is 26.8 Å². The van der Waals surface area contributed by atoms with Gasteiger partial charge < -0.3 is 15.2 Å².